The number of hydrogen-bond acceptors (Lipinski definition) is 9. The number of carbonyl (C=O) groups excluding carboxylic acids is 4. The molecule has 3 rings (SSSR count). The fourth-order valence-electron chi connectivity index (χ4n) is 8.16. The van der Waals surface area contributed by atoms with Gasteiger partial charge in [0.15, 0.2) is 0 Å². The van der Waals surface area contributed by atoms with Crippen LogP contribution in [0.5, 0.6) is 5.75 Å². The summed E-state index contributed by atoms with van der Waals surface area (Å²) in [7, 11) is -2.69. The van der Waals surface area contributed by atoms with Gasteiger partial charge in [0, 0.05) is 18.9 Å². The molecule has 2 amide bonds. The lowest BCUT2D eigenvalue weighted by Gasteiger charge is -2.35. The van der Waals surface area contributed by atoms with Crippen LogP contribution in [0.1, 0.15) is 146 Å². The lowest BCUT2D eigenvalue weighted by molar-refractivity contribution is -0.140. The Morgan fingerprint density at radius 1 is 0.946 bits per heavy atom. The Labute approximate surface area is 335 Å². The topological polar surface area (TPSA) is 195 Å². The summed E-state index contributed by atoms with van der Waals surface area (Å²) in [6.45, 7) is 13.5. The molecular weight excluding hydrogens is 735 g/mol. The van der Waals surface area contributed by atoms with Crippen LogP contribution >= 0.6 is 0 Å². The first-order chi connectivity index (χ1) is 26.4. The predicted octanol–water partition coefficient (Wildman–Crippen LogP) is 6.01. The monoisotopic (exact) mass is 803 g/mol. The molecule has 0 saturated heterocycles. The summed E-state index contributed by atoms with van der Waals surface area (Å²) in [4.78, 5) is 55.3. The highest BCUT2D eigenvalue weighted by atomic mass is 32.2. The fourth-order valence-corrected chi connectivity index (χ4v) is 9.69. The number of ether oxygens (including phenoxy) is 2. The van der Waals surface area contributed by atoms with Crippen molar-refractivity contribution in [3.8, 4) is 5.75 Å². The summed E-state index contributed by atoms with van der Waals surface area (Å²) < 4.78 is 40.8. The van der Waals surface area contributed by atoms with E-state index in [0.29, 0.717) is 43.2 Å². The van der Waals surface area contributed by atoms with Gasteiger partial charge in [-0.05, 0) is 126 Å². The van der Waals surface area contributed by atoms with E-state index in [1.54, 1.807) is 13.8 Å². The molecule has 5 N–H and O–H groups in total. The number of nitrogens with one attached hydrogen (secondary N) is 3. The molecule has 3 unspecified atom stereocenters. The van der Waals surface area contributed by atoms with E-state index in [9.17, 15) is 27.6 Å². The van der Waals surface area contributed by atoms with Gasteiger partial charge in [0.2, 0.25) is 17.8 Å². The van der Waals surface area contributed by atoms with Gasteiger partial charge >= 0.3 is 5.97 Å². The Morgan fingerprint density at radius 2 is 1.61 bits per heavy atom. The third kappa shape index (κ3) is 13.8. The quantitative estimate of drug-likeness (QED) is 0.0357. The molecule has 1 heterocycles. The number of carbonyl (C=O) groups is 4. The Bertz CT molecular complexity index is 1650. The molecule has 1 aromatic rings. The number of amides is 2. The van der Waals surface area contributed by atoms with E-state index in [1.807, 2.05) is 34.6 Å². The summed E-state index contributed by atoms with van der Waals surface area (Å²) in [5.41, 5.74) is 8.66. The predicted molar refractivity (Wildman–Crippen MR) is 219 cm³/mol. The molecule has 1 fully saturated rings. The molecule has 0 bridgehead atoms. The smallest absolute Gasteiger partial charge is 0.305 e. The summed E-state index contributed by atoms with van der Waals surface area (Å²) in [5, 5.41) is 5.85. The SMILES string of the molecule is COC(=O)CCCCCCCC(C(=O)NC(CCCN=C(N)NS(=O)(=O)c1c(C)c(C)c2c(c1C)CCC(C)(C)O2)C(=O)NC(C=O)CC(C)C)C1CCCC1. The number of sulfonamides is 1. The van der Waals surface area contributed by atoms with Crippen molar-refractivity contribution in [2.24, 2.45) is 28.5 Å². The maximum absolute atomic E-state index is 13.9. The maximum atomic E-state index is 13.9. The number of nitrogens with zero attached hydrogens (tertiary/aromatic N) is 1. The van der Waals surface area contributed by atoms with Crippen LogP contribution in [-0.2, 0) is 40.4 Å². The second kappa shape index (κ2) is 21.7. The van der Waals surface area contributed by atoms with Gasteiger partial charge in [-0.15, -0.1) is 0 Å². The van der Waals surface area contributed by atoms with Crippen LogP contribution in [0.25, 0.3) is 0 Å². The van der Waals surface area contributed by atoms with Crippen LogP contribution < -0.4 is 25.8 Å². The number of guanidine groups is 1. The molecule has 3 atom stereocenters. The minimum absolute atomic E-state index is 0.100. The third-order valence-electron chi connectivity index (χ3n) is 11.4. The third-order valence-corrected chi connectivity index (χ3v) is 13.0. The number of hydrogen-bond donors (Lipinski definition) is 4. The van der Waals surface area contributed by atoms with E-state index in [4.69, 9.17) is 15.2 Å². The summed E-state index contributed by atoms with van der Waals surface area (Å²) in [5.74, 6) is -0.159. The zero-order chi connectivity index (χ0) is 41.6. The second-order valence-electron chi connectivity index (χ2n) is 16.9. The van der Waals surface area contributed by atoms with E-state index >= 15 is 0 Å². The number of aldehydes is 1. The number of aliphatic imine (C=N–C) groups is 1. The van der Waals surface area contributed by atoms with Crippen LogP contribution in [0.3, 0.4) is 0 Å². The van der Waals surface area contributed by atoms with E-state index in [-0.39, 0.29) is 59.1 Å². The molecule has 1 aliphatic carbocycles. The van der Waals surface area contributed by atoms with Crippen molar-refractivity contribution < 1.29 is 37.1 Å². The molecular formula is C42H69N5O8S. The van der Waals surface area contributed by atoms with Gasteiger partial charge in [-0.25, -0.2) is 13.1 Å². The van der Waals surface area contributed by atoms with Crippen molar-refractivity contribution in [3.63, 3.8) is 0 Å². The number of benzene rings is 1. The Balaban J connectivity index is 1.70. The second-order valence-corrected chi connectivity index (χ2v) is 18.5. The first-order valence-corrected chi connectivity index (χ1v) is 22.2. The number of methoxy groups -OCH3 is 1. The molecule has 13 nitrogen and oxygen atoms in total. The highest BCUT2D eigenvalue weighted by Gasteiger charge is 2.35. The average Bonchev–Trinajstić information content (AvgIpc) is 3.66. The first kappa shape index (κ1) is 46.7. The van der Waals surface area contributed by atoms with Gasteiger partial charge in [-0.3, -0.25) is 19.4 Å². The molecule has 0 aromatic heterocycles. The van der Waals surface area contributed by atoms with E-state index < -0.39 is 28.0 Å². The number of esters is 1. The van der Waals surface area contributed by atoms with Crippen molar-refractivity contribution in [1.29, 1.82) is 0 Å². The van der Waals surface area contributed by atoms with Crippen molar-refractivity contribution in [3.05, 3.63) is 22.3 Å². The Hall–Kier alpha value is -3.68. The van der Waals surface area contributed by atoms with Crippen molar-refractivity contribution in [1.82, 2.24) is 15.4 Å². The highest BCUT2D eigenvalue weighted by Crippen LogP contribution is 2.42. The average molecular weight is 804 g/mol. The van der Waals surface area contributed by atoms with Gasteiger partial charge in [0.1, 0.15) is 23.7 Å². The van der Waals surface area contributed by atoms with Gasteiger partial charge in [0.05, 0.1) is 18.0 Å². The van der Waals surface area contributed by atoms with Crippen molar-refractivity contribution in [2.45, 2.75) is 174 Å². The molecule has 0 radical (unpaired) electrons. The Morgan fingerprint density at radius 3 is 2.25 bits per heavy atom. The summed E-state index contributed by atoms with van der Waals surface area (Å²) >= 11 is 0. The van der Waals surface area contributed by atoms with Crippen LogP contribution in [0.15, 0.2) is 9.89 Å². The van der Waals surface area contributed by atoms with Gasteiger partial charge in [-0.2, -0.15) is 0 Å². The van der Waals surface area contributed by atoms with E-state index in [2.05, 4.69) is 20.3 Å². The number of fused-ring (bicyclic) bond motifs is 1. The maximum Gasteiger partial charge on any atom is 0.305 e. The van der Waals surface area contributed by atoms with Crippen LogP contribution in [0.4, 0.5) is 0 Å². The van der Waals surface area contributed by atoms with Crippen LogP contribution in [0.2, 0.25) is 0 Å². The molecule has 14 heteroatoms. The van der Waals surface area contributed by atoms with E-state index in [0.717, 1.165) is 87.4 Å². The van der Waals surface area contributed by atoms with Gasteiger partial charge < -0.3 is 30.6 Å². The Kier molecular flexibility index (Phi) is 18.1. The largest absolute Gasteiger partial charge is 0.487 e. The van der Waals surface area contributed by atoms with E-state index in [1.165, 1.54) is 7.11 Å². The number of nitrogens with two attached hydrogens (primary N) is 1. The standard InChI is InChI=1S/C42H69N5O8S/c1-27(2)25-32(26-48)45-40(51)35(46-39(50)34(31-17-14-15-18-31)19-12-10-9-11-13-21-36(49)54-8)20-16-24-44-41(43)47-56(52,53)38-29(4)28(3)37-33(30(38)5)22-23-42(6,7)55-37/h26-27,31-32,34-35H,9-25H2,1-8H3,(H,45,51)(H,46,50)(H3,43,44,47). The molecule has 316 valence electrons. The summed E-state index contributed by atoms with van der Waals surface area (Å²) in [6.07, 6.45) is 12.8. The first-order valence-electron chi connectivity index (χ1n) is 20.7. The number of unbranched alkanes of at least 4 members (excludes halogenated alkanes) is 4. The molecule has 1 saturated carbocycles. The lowest BCUT2D eigenvalue weighted by Crippen LogP contribution is -2.52. The van der Waals surface area contributed by atoms with Crippen molar-refractivity contribution >= 4 is 40.1 Å². The highest BCUT2D eigenvalue weighted by molar-refractivity contribution is 7.90. The minimum Gasteiger partial charge on any atom is -0.487 e. The van der Waals surface area contributed by atoms with Crippen LogP contribution in [0, 0.1) is 38.5 Å². The zero-order valence-corrected chi connectivity index (χ0v) is 36.0. The zero-order valence-electron chi connectivity index (χ0n) is 35.2. The van der Waals surface area contributed by atoms with Crippen molar-refractivity contribution in [2.75, 3.05) is 13.7 Å². The minimum atomic E-state index is -4.09. The number of rotatable bonds is 22. The molecule has 56 heavy (non-hydrogen) atoms. The normalized spacial score (nSPS) is 17.3. The summed E-state index contributed by atoms with van der Waals surface area (Å²) in [6, 6.07) is -1.60. The van der Waals surface area contributed by atoms with Gasteiger partial charge in [-0.1, -0.05) is 52.4 Å². The molecule has 0 spiro atoms. The molecule has 2 aliphatic rings. The molecule has 1 aromatic carbocycles. The van der Waals surface area contributed by atoms with Gasteiger partial charge in [0.25, 0.3) is 10.0 Å². The molecule has 1 aliphatic heterocycles. The fraction of sp³-hybridized carbons (Fsp3) is 0.738. The van der Waals surface area contributed by atoms with Crippen LogP contribution in [-0.4, -0.2) is 69.8 Å². The lowest BCUT2D eigenvalue weighted by atomic mass is 9.85.